The molecule has 2 atom stereocenters. The first kappa shape index (κ1) is 57.3. The molecule has 4 aromatic carbocycles. The Kier molecular flexibility index (Phi) is 23.8. The van der Waals surface area contributed by atoms with Gasteiger partial charge in [-0.25, -0.2) is 18.6 Å². The van der Waals surface area contributed by atoms with Crippen molar-refractivity contribution < 1.29 is 70.9 Å². The number of halogens is 1. The SMILES string of the molecule is CO.CSCC[C@@H](C(=O)O)N(Cc1ccc2ccccc2n1)Cc1ccc2ccccc2n1.CSCC[C@@H](C(=O)O)N(Cc1ccc2ccccc2n1)Cc1ccc2ccccc2n1.[Cu+].[O-][Cl+3]([O-])([O-])[O-]. The van der Waals surface area contributed by atoms with Crippen LogP contribution in [0.1, 0.15) is 35.6 Å². The van der Waals surface area contributed by atoms with Crippen molar-refractivity contribution in [3.8, 4) is 0 Å². The van der Waals surface area contributed by atoms with Gasteiger partial charge in [0.1, 0.15) is 12.1 Å². The predicted molar refractivity (Wildman–Crippen MR) is 262 cm³/mol. The van der Waals surface area contributed by atoms with E-state index in [9.17, 15) is 19.8 Å². The summed E-state index contributed by atoms with van der Waals surface area (Å²) in [5.41, 5.74) is 7.09. The van der Waals surface area contributed by atoms with E-state index in [4.69, 9.17) is 43.7 Å². The number of pyridine rings is 4. The van der Waals surface area contributed by atoms with Crippen LogP contribution in [0.2, 0.25) is 0 Å². The topological polar surface area (TPSA) is 245 Å². The molecule has 4 heterocycles. The third-order valence-corrected chi connectivity index (χ3v) is 12.0. The van der Waals surface area contributed by atoms with Gasteiger partial charge in [0.15, 0.2) is 0 Å². The van der Waals surface area contributed by atoms with Crippen LogP contribution in [0.4, 0.5) is 0 Å². The number of nitrogens with zero attached hydrogens (tertiary/aromatic N) is 6. The molecule has 0 fully saturated rings. The van der Waals surface area contributed by atoms with Crippen LogP contribution < -0.4 is 18.6 Å². The van der Waals surface area contributed by atoms with Crippen molar-refractivity contribution in [2.45, 2.75) is 51.1 Å². The molecule has 4 aromatic heterocycles. The number of carbonyl (C=O) groups is 2. The average Bonchev–Trinajstić information content (AvgIpc) is 3.34. The summed E-state index contributed by atoms with van der Waals surface area (Å²) in [6, 6.07) is 46.8. The number of rotatable bonds is 18. The summed E-state index contributed by atoms with van der Waals surface area (Å²) >= 11 is 3.32. The second kappa shape index (κ2) is 29.1. The standard InChI is InChI=1S/2C25H25N3O2S.CH4O.ClHO4.Cu/c2*1-31-15-14-24(25(29)30)28(16-20-12-10-18-6-2-4-8-22(18)26-20)17-21-13-11-19-7-3-5-9-23(19)27-21;1-2;2-1(3,4)5;/h2*2-13,24H,14-17H2,1H3,(H,29,30);2H,1H3;(H,2,3,4,5);/q;;;;+1/p-1/t2*24-;;;/m00.../s1. The summed E-state index contributed by atoms with van der Waals surface area (Å²) in [5.74, 6) is -0.0562. The van der Waals surface area contributed by atoms with Gasteiger partial charge in [0.25, 0.3) is 0 Å². The van der Waals surface area contributed by atoms with Crippen molar-refractivity contribution in [2.24, 2.45) is 0 Å². The monoisotopic (exact) mass is 1060 g/mol. The molecule has 0 aliphatic heterocycles. The number of para-hydroxylation sites is 4. The van der Waals surface area contributed by atoms with Crippen LogP contribution >= 0.6 is 23.5 Å². The smallest absolute Gasteiger partial charge is 0.480 e. The van der Waals surface area contributed by atoms with E-state index in [0.29, 0.717) is 39.0 Å². The number of aliphatic hydroxyl groups is 1. The minimum Gasteiger partial charge on any atom is -0.480 e. The molecule has 70 heavy (non-hydrogen) atoms. The zero-order chi connectivity index (χ0) is 49.8. The molecule has 8 rings (SSSR count). The first-order valence-electron chi connectivity index (χ1n) is 21.6. The number of benzene rings is 4. The van der Waals surface area contributed by atoms with Crippen LogP contribution in [-0.4, -0.2) is 100 Å². The van der Waals surface area contributed by atoms with Gasteiger partial charge in [-0.1, -0.05) is 97.1 Å². The number of hydrogen-bond donors (Lipinski definition) is 3. The van der Waals surface area contributed by atoms with Gasteiger partial charge in [-0.2, -0.15) is 23.5 Å². The van der Waals surface area contributed by atoms with Gasteiger partial charge in [-0.3, -0.25) is 39.3 Å². The van der Waals surface area contributed by atoms with Crippen LogP contribution in [0.5, 0.6) is 0 Å². The minimum absolute atomic E-state index is 0. The van der Waals surface area contributed by atoms with E-state index >= 15 is 0 Å². The Bertz CT molecular complexity index is 2550. The largest absolute Gasteiger partial charge is 1.00 e. The van der Waals surface area contributed by atoms with Gasteiger partial charge in [-0.15, -0.1) is 10.2 Å². The van der Waals surface area contributed by atoms with Gasteiger partial charge in [0.05, 0.1) is 44.8 Å². The summed E-state index contributed by atoms with van der Waals surface area (Å²) in [5, 5.41) is 31.3. The van der Waals surface area contributed by atoms with Crippen LogP contribution in [0.3, 0.4) is 0 Å². The van der Waals surface area contributed by atoms with Crippen molar-refractivity contribution in [1.82, 2.24) is 29.7 Å². The van der Waals surface area contributed by atoms with E-state index in [-0.39, 0.29) is 17.1 Å². The Labute approximate surface area is 427 Å². The molecule has 0 unspecified atom stereocenters. The molecule has 0 amide bonds. The van der Waals surface area contributed by atoms with Gasteiger partial charge >= 0.3 is 29.0 Å². The number of aliphatic hydroxyl groups excluding tert-OH is 1. The summed E-state index contributed by atoms with van der Waals surface area (Å²) in [4.78, 5) is 47.4. The van der Waals surface area contributed by atoms with Crippen LogP contribution in [-0.2, 0) is 52.8 Å². The average molecular weight is 1060 g/mol. The second-order valence-corrected chi connectivity index (χ2v) is 18.2. The maximum absolute atomic E-state index is 12.2. The molecule has 0 aliphatic rings. The summed E-state index contributed by atoms with van der Waals surface area (Å²) in [7, 11) is -3.94. The molecule has 15 nitrogen and oxygen atoms in total. The number of aromatic nitrogens is 4. The Morgan fingerprint density at radius 3 is 0.914 bits per heavy atom. The summed E-state index contributed by atoms with van der Waals surface area (Å²) in [6.07, 6.45) is 5.13. The first-order valence-corrected chi connectivity index (χ1v) is 25.7. The molecule has 0 aliphatic carbocycles. The van der Waals surface area contributed by atoms with E-state index in [0.717, 1.165) is 85.0 Å². The van der Waals surface area contributed by atoms with E-state index in [1.807, 2.05) is 168 Å². The molecule has 0 radical (unpaired) electrons. The van der Waals surface area contributed by atoms with Crippen molar-refractivity contribution in [1.29, 1.82) is 0 Å². The molecule has 3 N–H and O–H groups in total. The molecular weight excluding hydrogens is 1000 g/mol. The zero-order valence-corrected chi connectivity index (χ0v) is 42.0. The van der Waals surface area contributed by atoms with Crippen molar-refractivity contribution >= 4 is 79.1 Å². The fraction of sp³-hybridized carbons (Fsp3) is 0.255. The number of carboxylic acids is 2. The van der Waals surface area contributed by atoms with Gasteiger partial charge in [-0.05, 0) is 85.4 Å². The molecule has 0 spiro atoms. The van der Waals surface area contributed by atoms with Crippen LogP contribution in [0, 0.1) is 10.2 Å². The van der Waals surface area contributed by atoms with E-state index < -0.39 is 34.3 Å². The van der Waals surface area contributed by atoms with Gasteiger partial charge < -0.3 is 15.3 Å². The molecule has 8 aromatic rings. The van der Waals surface area contributed by atoms with Crippen LogP contribution in [0.15, 0.2) is 146 Å². The summed E-state index contributed by atoms with van der Waals surface area (Å²) in [6.45, 7) is 1.80. The minimum atomic E-state index is -4.94. The maximum Gasteiger partial charge on any atom is 1.00 e. The number of carboxylic acid groups (broad SMARTS) is 2. The Morgan fingerprint density at radius 2 is 0.700 bits per heavy atom. The predicted octanol–water partition coefficient (Wildman–Crippen LogP) is 4.83. The molecule has 0 saturated heterocycles. The van der Waals surface area contributed by atoms with E-state index in [2.05, 4.69) is 0 Å². The number of thioether (sulfide) groups is 2. The Hall–Kier alpha value is -5.31. The quantitative estimate of drug-likeness (QED) is 0.0974. The number of hydrogen-bond acceptors (Lipinski definition) is 15. The fourth-order valence-electron chi connectivity index (χ4n) is 7.55. The van der Waals surface area contributed by atoms with E-state index in [1.165, 1.54) is 0 Å². The van der Waals surface area contributed by atoms with Gasteiger partial charge in [0.2, 0.25) is 0 Å². The molecule has 0 saturated carbocycles. The van der Waals surface area contributed by atoms with Crippen molar-refractivity contribution in [3.63, 3.8) is 0 Å². The fourth-order valence-corrected chi connectivity index (χ4v) is 8.47. The third kappa shape index (κ3) is 18.1. The zero-order valence-electron chi connectivity index (χ0n) is 38.6. The maximum atomic E-state index is 12.2. The number of fused-ring (bicyclic) bond motifs is 4. The van der Waals surface area contributed by atoms with E-state index in [1.54, 1.807) is 23.5 Å². The Morgan fingerprint density at radius 1 is 0.471 bits per heavy atom. The second-order valence-electron chi connectivity index (χ2n) is 15.4. The Balaban J connectivity index is 0.000000266. The normalized spacial score (nSPS) is 12.0. The third-order valence-electron chi connectivity index (χ3n) is 10.7. The number of aliphatic carboxylic acids is 2. The van der Waals surface area contributed by atoms with Crippen molar-refractivity contribution in [2.75, 3.05) is 31.1 Å². The van der Waals surface area contributed by atoms with Gasteiger partial charge in [0, 0.05) is 54.8 Å². The van der Waals surface area contributed by atoms with Crippen molar-refractivity contribution in [3.05, 3.63) is 168 Å². The molecule has 372 valence electrons. The summed E-state index contributed by atoms with van der Waals surface area (Å²) < 4.78 is 34.0. The first-order chi connectivity index (χ1) is 33.3. The molecular formula is C51H54ClCuN6O9S2. The molecule has 0 bridgehead atoms. The van der Waals surface area contributed by atoms with Crippen LogP contribution in [0.25, 0.3) is 43.6 Å². The molecule has 19 heteroatoms.